The normalized spacial score (nSPS) is 11.9. The number of aliphatic hydroxyl groups excluding tert-OH is 1. The van der Waals surface area contributed by atoms with Gasteiger partial charge in [0.05, 0.1) is 17.4 Å². The van der Waals surface area contributed by atoms with Gasteiger partial charge in [-0.25, -0.2) is 0 Å². The molecule has 0 bridgehead atoms. The van der Waals surface area contributed by atoms with Gasteiger partial charge in [0.25, 0.3) is 0 Å². The number of nitrogens with zero attached hydrogens (tertiary/aromatic N) is 1. The Balaban J connectivity index is 2.84. The summed E-state index contributed by atoms with van der Waals surface area (Å²) in [6.07, 6.45) is -0.430. The molecule has 0 unspecified atom stereocenters. The molecule has 0 aliphatic carbocycles. The molecule has 2 N–H and O–H groups in total. The highest BCUT2D eigenvalue weighted by atomic mass is 79.9. The van der Waals surface area contributed by atoms with Crippen molar-refractivity contribution in [1.29, 1.82) is 5.26 Å². The summed E-state index contributed by atoms with van der Waals surface area (Å²) < 4.78 is 0.907. The molecule has 0 aromatic heterocycles. The summed E-state index contributed by atoms with van der Waals surface area (Å²) in [6.45, 7) is 2.13. The van der Waals surface area contributed by atoms with Crippen molar-refractivity contribution in [2.24, 2.45) is 0 Å². The zero-order valence-electron chi connectivity index (χ0n) is 7.79. The molecule has 0 fully saturated rings. The van der Waals surface area contributed by atoms with Crippen molar-refractivity contribution < 1.29 is 5.11 Å². The van der Waals surface area contributed by atoms with E-state index in [9.17, 15) is 0 Å². The Labute approximate surface area is 91.5 Å². The highest BCUT2D eigenvalue weighted by molar-refractivity contribution is 9.10. The molecule has 4 heteroatoms. The monoisotopic (exact) mass is 254 g/mol. The molecule has 0 heterocycles. The van der Waals surface area contributed by atoms with Gasteiger partial charge in [-0.2, -0.15) is 5.26 Å². The van der Waals surface area contributed by atoms with Gasteiger partial charge in [0, 0.05) is 11.0 Å². The first kappa shape index (κ1) is 11.0. The van der Waals surface area contributed by atoms with E-state index < -0.39 is 6.10 Å². The summed E-state index contributed by atoms with van der Waals surface area (Å²) in [5, 5.41) is 20.9. The van der Waals surface area contributed by atoms with Crippen LogP contribution in [0.5, 0.6) is 0 Å². The van der Waals surface area contributed by atoms with Gasteiger partial charge in [-0.05, 0) is 25.1 Å². The summed E-state index contributed by atoms with van der Waals surface area (Å²) in [4.78, 5) is 0. The number of halogens is 1. The third-order valence-corrected chi connectivity index (χ3v) is 2.18. The van der Waals surface area contributed by atoms with E-state index in [1.165, 1.54) is 0 Å². The largest absolute Gasteiger partial charge is 0.392 e. The number of nitrogens with one attached hydrogen (secondary N) is 1. The summed E-state index contributed by atoms with van der Waals surface area (Å²) >= 11 is 3.32. The fourth-order valence-electron chi connectivity index (χ4n) is 1.02. The highest BCUT2D eigenvalue weighted by Gasteiger charge is 2.03. The number of hydrogen-bond donors (Lipinski definition) is 2. The molecule has 0 spiro atoms. The lowest BCUT2D eigenvalue weighted by Crippen LogP contribution is -2.15. The van der Waals surface area contributed by atoms with Crippen LogP contribution in [0.1, 0.15) is 12.5 Å². The van der Waals surface area contributed by atoms with Crippen LogP contribution < -0.4 is 5.32 Å². The van der Waals surface area contributed by atoms with Crippen LogP contribution in [0.3, 0.4) is 0 Å². The van der Waals surface area contributed by atoms with E-state index in [1.807, 2.05) is 12.1 Å². The lowest BCUT2D eigenvalue weighted by Gasteiger charge is -2.09. The second kappa shape index (κ2) is 4.99. The van der Waals surface area contributed by atoms with Crippen molar-refractivity contribution in [3.63, 3.8) is 0 Å². The number of aliphatic hydroxyl groups is 1. The van der Waals surface area contributed by atoms with Gasteiger partial charge in [0.15, 0.2) is 0 Å². The molecule has 1 aromatic rings. The Morgan fingerprint density at radius 3 is 2.93 bits per heavy atom. The van der Waals surface area contributed by atoms with Crippen LogP contribution in [-0.4, -0.2) is 17.8 Å². The van der Waals surface area contributed by atoms with Gasteiger partial charge in [0.1, 0.15) is 6.07 Å². The first-order chi connectivity index (χ1) is 6.63. The summed E-state index contributed by atoms with van der Waals surface area (Å²) in [5.74, 6) is 0. The zero-order valence-corrected chi connectivity index (χ0v) is 9.37. The maximum absolute atomic E-state index is 9.09. The Hall–Kier alpha value is -1.05. The molecule has 74 valence electrons. The molecule has 0 amide bonds. The van der Waals surface area contributed by atoms with E-state index in [0.717, 1.165) is 10.2 Å². The maximum atomic E-state index is 9.09. The van der Waals surface area contributed by atoms with Gasteiger partial charge in [-0.1, -0.05) is 15.9 Å². The number of anilines is 1. The molecule has 0 aliphatic heterocycles. The minimum absolute atomic E-state index is 0.430. The van der Waals surface area contributed by atoms with E-state index in [0.29, 0.717) is 12.1 Å². The average Bonchev–Trinajstić information content (AvgIpc) is 2.15. The maximum Gasteiger partial charge on any atom is 0.101 e. The Morgan fingerprint density at radius 1 is 1.64 bits per heavy atom. The number of rotatable bonds is 3. The third-order valence-electron chi connectivity index (χ3n) is 1.69. The SMILES string of the molecule is C[C@@H](O)CNc1cc(Br)ccc1C#N. The fraction of sp³-hybridized carbons (Fsp3) is 0.300. The first-order valence-corrected chi connectivity index (χ1v) is 5.04. The van der Waals surface area contributed by atoms with Crippen molar-refractivity contribution in [3.05, 3.63) is 28.2 Å². The minimum Gasteiger partial charge on any atom is -0.392 e. The van der Waals surface area contributed by atoms with Crippen molar-refractivity contribution in [2.45, 2.75) is 13.0 Å². The van der Waals surface area contributed by atoms with Gasteiger partial charge < -0.3 is 10.4 Å². The molecular weight excluding hydrogens is 244 g/mol. The van der Waals surface area contributed by atoms with Gasteiger partial charge in [0.2, 0.25) is 0 Å². The average molecular weight is 255 g/mol. The molecule has 0 saturated heterocycles. The van der Waals surface area contributed by atoms with Crippen molar-refractivity contribution >= 4 is 21.6 Å². The Bertz CT molecular complexity index is 358. The predicted molar refractivity (Wildman–Crippen MR) is 59.0 cm³/mol. The molecule has 14 heavy (non-hydrogen) atoms. The predicted octanol–water partition coefficient (Wildman–Crippen LogP) is 2.11. The van der Waals surface area contributed by atoms with Crippen LogP contribution in [0.2, 0.25) is 0 Å². The molecule has 0 aliphatic rings. The smallest absolute Gasteiger partial charge is 0.101 e. The number of nitriles is 1. The molecule has 0 radical (unpaired) electrons. The van der Waals surface area contributed by atoms with E-state index in [2.05, 4.69) is 27.3 Å². The van der Waals surface area contributed by atoms with E-state index in [1.54, 1.807) is 13.0 Å². The molecular formula is C10H11BrN2O. The van der Waals surface area contributed by atoms with Gasteiger partial charge in [-0.15, -0.1) is 0 Å². The molecule has 1 aromatic carbocycles. The van der Waals surface area contributed by atoms with Crippen LogP contribution in [0.15, 0.2) is 22.7 Å². The second-order valence-electron chi connectivity index (χ2n) is 3.03. The van der Waals surface area contributed by atoms with E-state index in [4.69, 9.17) is 10.4 Å². The topological polar surface area (TPSA) is 56.0 Å². The van der Waals surface area contributed by atoms with Crippen LogP contribution >= 0.6 is 15.9 Å². The summed E-state index contributed by atoms with van der Waals surface area (Å²) in [7, 11) is 0. The Kier molecular flexibility index (Phi) is 3.93. The number of benzene rings is 1. The van der Waals surface area contributed by atoms with E-state index >= 15 is 0 Å². The van der Waals surface area contributed by atoms with Crippen LogP contribution in [0, 0.1) is 11.3 Å². The summed E-state index contributed by atoms with van der Waals surface area (Å²) in [5.41, 5.74) is 1.32. The quantitative estimate of drug-likeness (QED) is 0.869. The lowest BCUT2D eigenvalue weighted by molar-refractivity contribution is 0.208. The summed E-state index contributed by atoms with van der Waals surface area (Å²) in [6, 6.07) is 7.44. The molecule has 1 atom stereocenters. The molecule has 0 saturated carbocycles. The van der Waals surface area contributed by atoms with E-state index in [-0.39, 0.29) is 0 Å². The fourth-order valence-corrected chi connectivity index (χ4v) is 1.38. The van der Waals surface area contributed by atoms with Crippen LogP contribution in [0.4, 0.5) is 5.69 Å². The van der Waals surface area contributed by atoms with Crippen molar-refractivity contribution in [2.75, 3.05) is 11.9 Å². The number of hydrogen-bond acceptors (Lipinski definition) is 3. The third kappa shape index (κ3) is 3.02. The first-order valence-electron chi connectivity index (χ1n) is 4.25. The molecule has 3 nitrogen and oxygen atoms in total. The standard InChI is InChI=1S/C10H11BrN2O/c1-7(14)6-13-10-4-9(11)3-2-8(10)5-12/h2-4,7,13-14H,6H2,1H3/t7-/m1/s1. The van der Waals surface area contributed by atoms with Crippen LogP contribution in [0.25, 0.3) is 0 Å². The molecule has 1 rings (SSSR count). The second-order valence-corrected chi connectivity index (χ2v) is 3.95. The van der Waals surface area contributed by atoms with Gasteiger partial charge >= 0.3 is 0 Å². The van der Waals surface area contributed by atoms with Crippen LogP contribution in [-0.2, 0) is 0 Å². The highest BCUT2D eigenvalue weighted by Crippen LogP contribution is 2.20. The minimum atomic E-state index is -0.430. The Morgan fingerprint density at radius 2 is 2.36 bits per heavy atom. The van der Waals surface area contributed by atoms with Crippen molar-refractivity contribution in [1.82, 2.24) is 0 Å². The lowest BCUT2D eigenvalue weighted by atomic mass is 10.2. The van der Waals surface area contributed by atoms with Crippen molar-refractivity contribution in [3.8, 4) is 6.07 Å². The van der Waals surface area contributed by atoms with Gasteiger partial charge in [-0.3, -0.25) is 0 Å². The zero-order chi connectivity index (χ0) is 10.6.